The molecule has 33 heavy (non-hydrogen) atoms. The molecule has 1 saturated carbocycles. The van der Waals surface area contributed by atoms with Gasteiger partial charge >= 0.3 is 5.97 Å². The van der Waals surface area contributed by atoms with Gasteiger partial charge in [-0.25, -0.2) is 4.98 Å². The average molecular weight is 484 g/mol. The van der Waals surface area contributed by atoms with Crippen molar-refractivity contribution in [3.05, 3.63) is 56.7 Å². The van der Waals surface area contributed by atoms with Crippen LogP contribution in [0.15, 0.2) is 40.3 Å². The first-order chi connectivity index (χ1) is 16.1. The lowest BCUT2D eigenvalue weighted by Crippen LogP contribution is -2.31. The predicted molar refractivity (Wildman–Crippen MR) is 133 cm³/mol. The van der Waals surface area contributed by atoms with Gasteiger partial charge in [0.25, 0.3) is 5.56 Å². The third kappa shape index (κ3) is 4.74. The Morgan fingerprint density at radius 2 is 2.00 bits per heavy atom. The number of carbonyl (C=O) groups is 1. The van der Waals surface area contributed by atoms with Crippen molar-refractivity contribution < 1.29 is 9.53 Å². The molecule has 174 valence electrons. The number of hydrogen-bond acceptors (Lipinski definition) is 7. The molecule has 2 aromatic heterocycles. The standard InChI is InChI=1S/C25H29N3O3S2/c1-31-21(29)16-32-25-26-23-22(24(30)28(25)18-10-6-3-7-11-18)19-12-13-27(15-20(19)33-23)14-17-8-4-2-5-9-17/h2,4-5,8-9,18H,3,6-7,10-16H2,1H3. The van der Waals surface area contributed by atoms with E-state index in [4.69, 9.17) is 9.72 Å². The smallest absolute Gasteiger partial charge is 0.316 e. The molecule has 5 rings (SSSR count). The minimum atomic E-state index is -0.299. The number of fused-ring (bicyclic) bond motifs is 3. The maximum atomic E-state index is 13.9. The van der Waals surface area contributed by atoms with Crippen molar-refractivity contribution in [1.82, 2.24) is 14.5 Å². The van der Waals surface area contributed by atoms with Gasteiger partial charge in [-0.1, -0.05) is 61.4 Å². The molecule has 0 amide bonds. The summed E-state index contributed by atoms with van der Waals surface area (Å²) in [4.78, 5) is 35.1. The van der Waals surface area contributed by atoms with E-state index in [0.717, 1.165) is 62.0 Å². The zero-order valence-corrected chi connectivity index (χ0v) is 20.6. The van der Waals surface area contributed by atoms with Gasteiger partial charge in [0, 0.05) is 30.6 Å². The molecule has 1 aliphatic heterocycles. The monoisotopic (exact) mass is 483 g/mol. The fourth-order valence-corrected chi connectivity index (χ4v) is 7.21. The molecular formula is C25H29N3O3S2. The summed E-state index contributed by atoms with van der Waals surface area (Å²) in [6, 6.07) is 10.7. The van der Waals surface area contributed by atoms with Crippen molar-refractivity contribution in [2.75, 3.05) is 19.4 Å². The van der Waals surface area contributed by atoms with E-state index in [1.54, 1.807) is 11.3 Å². The highest BCUT2D eigenvalue weighted by Gasteiger charge is 2.28. The average Bonchev–Trinajstić information content (AvgIpc) is 3.21. The quantitative estimate of drug-likeness (QED) is 0.285. The number of ether oxygens (including phenoxy) is 1. The maximum Gasteiger partial charge on any atom is 0.316 e. The van der Waals surface area contributed by atoms with E-state index in [2.05, 4.69) is 29.2 Å². The number of hydrogen-bond donors (Lipinski definition) is 0. The molecule has 0 bridgehead atoms. The molecule has 0 atom stereocenters. The molecule has 3 aromatic rings. The number of aromatic nitrogens is 2. The molecule has 0 unspecified atom stereocenters. The van der Waals surface area contributed by atoms with E-state index >= 15 is 0 Å². The molecule has 0 radical (unpaired) electrons. The molecule has 6 nitrogen and oxygen atoms in total. The van der Waals surface area contributed by atoms with E-state index in [9.17, 15) is 9.59 Å². The summed E-state index contributed by atoms with van der Waals surface area (Å²) in [5, 5.41) is 1.46. The Morgan fingerprint density at radius 1 is 1.21 bits per heavy atom. The number of benzene rings is 1. The number of esters is 1. The Balaban J connectivity index is 1.50. The third-order valence-corrected chi connectivity index (χ3v) is 8.73. The van der Waals surface area contributed by atoms with Gasteiger partial charge in [0.05, 0.1) is 18.2 Å². The molecule has 0 spiro atoms. The first-order valence-corrected chi connectivity index (χ1v) is 13.5. The number of thiophene rings is 1. The Bertz CT molecular complexity index is 1200. The van der Waals surface area contributed by atoms with E-state index < -0.39 is 0 Å². The van der Waals surface area contributed by atoms with Crippen molar-refractivity contribution in [2.45, 2.75) is 62.8 Å². The van der Waals surface area contributed by atoms with Crippen molar-refractivity contribution >= 4 is 39.3 Å². The lowest BCUT2D eigenvalue weighted by molar-refractivity contribution is -0.137. The summed E-state index contributed by atoms with van der Waals surface area (Å²) in [6.45, 7) is 2.70. The minimum absolute atomic E-state index is 0.0771. The number of rotatable bonds is 6. The van der Waals surface area contributed by atoms with Crippen molar-refractivity contribution in [3.63, 3.8) is 0 Å². The highest BCUT2D eigenvalue weighted by molar-refractivity contribution is 7.99. The summed E-state index contributed by atoms with van der Waals surface area (Å²) < 4.78 is 6.73. The van der Waals surface area contributed by atoms with E-state index in [-0.39, 0.29) is 23.3 Å². The lowest BCUT2D eigenvalue weighted by Gasteiger charge is -2.27. The normalized spacial score (nSPS) is 17.2. The Hall–Kier alpha value is -2.16. The van der Waals surface area contributed by atoms with Crippen LogP contribution >= 0.6 is 23.1 Å². The molecule has 1 aliphatic carbocycles. The molecule has 1 aromatic carbocycles. The second-order valence-corrected chi connectivity index (χ2v) is 10.9. The van der Waals surface area contributed by atoms with Gasteiger partial charge in [0.15, 0.2) is 5.16 Å². The molecule has 1 fully saturated rings. The number of thioether (sulfide) groups is 1. The van der Waals surface area contributed by atoms with Gasteiger partial charge in [-0.2, -0.15) is 0 Å². The van der Waals surface area contributed by atoms with Gasteiger partial charge in [-0.05, 0) is 30.4 Å². The summed E-state index contributed by atoms with van der Waals surface area (Å²) in [5.41, 5.74) is 2.57. The van der Waals surface area contributed by atoms with Crippen molar-refractivity contribution in [1.29, 1.82) is 0 Å². The van der Waals surface area contributed by atoms with Gasteiger partial charge < -0.3 is 4.74 Å². The molecular weight excluding hydrogens is 454 g/mol. The first-order valence-electron chi connectivity index (χ1n) is 11.7. The molecule has 8 heteroatoms. The van der Waals surface area contributed by atoms with Crippen LogP contribution in [0, 0.1) is 0 Å². The van der Waals surface area contributed by atoms with Crippen LogP contribution in [0.5, 0.6) is 0 Å². The SMILES string of the molecule is COC(=O)CSc1nc2sc3c(c2c(=O)n1C1CCCCC1)CCN(Cc1ccccc1)C3. The van der Waals surface area contributed by atoms with Crippen LogP contribution in [0.3, 0.4) is 0 Å². The fraction of sp³-hybridized carbons (Fsp3) is 0.480. The predicted octanol–water partition coefficient (Wildman–Crippen LogP) is 4.79. The maximum absolute atomic E-state index is 13.9. The summed E-state index contributed by atoms with van der Waals surface area (Å²) in [5.74, 6) is -0.136. The summed E-state index contributed by atoms with van der Waals surface area (Å²) >= 11 is 2.97. The van der Waals surface area contributed by atoms with Crippen LogP contribution in [0.25, 0.3) is 10.2 Å². The Morgan fingerprint density at radius 3 is 2.76 bits per heavy atom. The minimum Gasteiger partial charge on any atom is -0.468 e. The highest BCUT2D eigenvalue weighted by Crippen LogP contribution is 2.36. The lowest BCUT2D eigenvalue weighted by atomic mass is 9.95. The van der Waals surface area contributed by atoms with Crippen LogP contribution in [0.2, 0.25) is 0 Å². The molecule has 0 saturated heterocycles. The zero-order valence-electron chi connectivity index (χ0n) is 18.9. The van der Waals surface area contributed by atoms with Crippen molar-refractivity contribution in [3.8, 4) is 0 Å². The van der Waals surface area contributed by atoms with E-state index in [1.165, 1.54) is 41.3 Å². The highest BCUT2D eigenvalue weighted by atomic mass is 32.2. The largest absolute Gasteiger partial charge is 0.468 e. The zero-order chi connectivity index (χ0) is 22.8. The van der Waals surface area contributed by atoms with Gasteiger partial charge in [-0.3, -0.25) is 19.1 Å². The Kier molecular flexibility index (Phi) is 6.85. The fourth-order valence-electron chi connectivity index (χ4n) is 5.01. The first kappa shape index (κ1) is 22.6. The van der Waals surface area contributed by atoms with Crippen LogP contribution in [-0.2, 0) is 29.0 Å². The summed E-state index contributed by atoms with van der Waals surface area (Å²) in [7, 11) is 1.39. The van der Waals surface area contributed by atoms with E-state index in [0.29, 0.717) is 5.16 Å². The summed E-state index contributed by atoms with van der Waals surface area (Å²) in [6.07, 6.45) is 6.35. The van der Waals surface area contributed by atoms with Crippen LogP contribution in [-0.4, -0.2) is 39.8 Å². The second-order valence-electron chi connectivity index (χ2n) is 8.86. The Labute approximate surface area is 202 Å². The molecule has 0 N–H and O–H groups in total. The van der Waals surface area contributed by atoms with Gasteiger partial charge in [-0.15, -0.1) is 11.3 Å². The number of carbonyl (C=O) groups excluding carboxylic acids is 1. The topological polar surface area (TPSA) is 64.4 Å². The number of methoxy groups -OCH3 is 1. The van der Waals surface area contributed by atoms with Crippen LogP contribution < -0.4 is 5.56 Å². The van der Waals surface area contributed by atoms with Crippen LogP contribution in [0.1, 0.15) is 54.1 Å². The second kappa shape index (κ2) is 9.99. The van der Waals surface area contributed by atoms with Crippen molar-refractivity contribution in [2.24, 2.45) is 0 Å². The van der Waals surface area contributed by atoms with E-state index in [1.807, 2.05) is 10.6 Å². The van der Waals surface area contributed by atoms with Gasteiger partial charge in [0.1, 0.15) is 4.83 Å². The van der Waals surface area contributed by atoms with Crippen LogP contribution in [0.4, 0.5) is 0 Å². The van der Waals surface area contributed by atoms with Gasteiger partial charge in [0.2, 0.25) is 0 Å². The molecule has 3 heterocycles. The molecule has 2 aliphatic rings. The third-order valence-electron chi connectivity index (χ3n) is 6.69. The number of nitrogens with zero attached hydrogens (tertiary/aromatic N) is 3.